The first-order chi connectivity index (χ1) is 16.8. The number of phenols is 2. The Balaban J connectivity index is 0.000000465. The van der Waals surface area contributed by atoms with Gasteiger partial charge in [0.05, 0.1) is 22.0 Å². The molecule has 0 aliphatic heterocycles. The van der Waals surface area contributed by atoms with Crippen molar-refractivity contribution in [3.8, 4) is 11.5 Å². The van der Waals surface area contributed by atoms with Crippen LogP contribution in [0.25, 0.3) is 0 Å². The Morgan fingerprint density at radius 3 is 1.11 bits per heavy atom. The number of aromatic hydroxyl groups is 2. The first-order valence-electron chi connectivity index (χ1n) is 11.4. The van der Waals surface area contributed by atoms with E-state index in [4.69, 9.17) is 10.2 Å². The molecule has 0 bridgehead atoms. The molecule has 0 saturated carbocycles. The van der Waals surface area contributed by atoms with Crippen molar-refractivity contribution >= 4 is 11.4 Å². The van der Waals surface area contributed by atoms with Gasteiger partial charge in [0, 0.05) is 38.3 Å². The smallest absolute Gasteiger partial charge is 0.273 e. The zero-order valence-electron chi connectivity index (χ0n) is 22.1. The minimum atomic E-state index is -0.556. The molecule has 0 heterocycles. The number of hydrogen-bond donors (Lipinski definition) is 2. The molecule has 2 N–H and O–H groups in total. The molecule has 196 valence electrons. The van der Waals surface area contributed by atoms with Gasteiger partial charge in [0.25, 0.3) is 11.4 Å². The summed E-state index contributed by atoms with van der Waals surface area (Å²) in [5.41, 5.74) is 8.77. The molecule has 0 spiro atoms. The molecule has 0 aromatic heterocycles. The van der Waals surface area contributed by atoms with Crippen LogP contribution in [-0.4, -0.2) is 20.1 Å². The van der Waals surface area contributed by atoms with Gasteiger partial charge in [0.2, 0.25) is 0 Å². The van der Waals surface area contributed by atoms with Crippen molar-refractivity contribution in [3.63, 3.8) is 0 Å². The van der Waals surface area contributed by atoms with Crippen LogP contribution in [0.4, 0.5) is 11.4 Å². The summed E-state index contributed by atoms with van der Waals surface area (Å²) in [6, 6.07) is 10.4. The maximum Gasteiger partial charge on any atom is 0.273 e. The van der Waals surface area contributed by atoms with Crippen LogP contribution < -0.4 is 0 Å². The van der Waals surface area contributed by atoms with Gasteiger partial charge in [-0.25, -0.2) is 0 Å². The summed E-state index contributed by atoms with van der Waals surface area (Å²) in [6.07, 6.45) is 6.92. The van der Waals surface area contributed by atoms with Gasteiger partial charge in [0.15, 0.2) is 0 Å². The minimum Gasteiger partial charge on any atom is -0.508 e. The number of allylic oxidation sites excluding steroid dienone is 8. The van der Waals surface area contributed by atoms with E-state index >= 15 is 0 Å². The van der Waals surface area contributed by atoms with Gasteiger partial charge in [0.1, 0.15) is 11.5 Å². The van der Waals surface area contributed by atoms with Gasteiger partial charge >= 0.3 is 0 Å². The number of non-ortho nitro benzene ring substituents is 2. The van der Waals surface area contributed by atoms with Crippen molar-refractivity contribution in [2.75, 3.05) is 0 Å². The van der Waals surface area contributed by atoms with Crippen LogP contribution in [0.3, 0.4) is 0 Å². The summed E-state index contributed by atoms with van der Waals surface area (Å²) in [7, 11) is 0. The SMILES string of the molecule is CC1=CCC(C)=C1C.CC1=CCC(C)=C1C.O=[N+]([O-])c1cccc(O)c1.O=[N+]([O-])c1cccc(O)c1.[Zr]. The first kappa shape index (κ1) is 33.7. The second-order valence-corrected chi connectivity index (χ2v) is 8.55. The zero-order chi connectivity index (χ0) is 27.4. The third-order valence-electron chi connectivity index (χ3n) is 5.97. The molecule has 0 unspecified atom stereocenters. The van der Waals surface area contributed by atoms with E-state index in [9.17, 15) is 20.2 Å². The van der Waals surface area contributed by atoms with Gasteiger partial charge in [-0.3, -0.25) is 20.2 Å². The number of nitrogens with zero attached hydrogens (tertiary/aromatic N) is 2. The van der Waals surface area contributed by atoms with Gasteiger partial charge in [-0.2, -0.15) is 0 Å². The molecule has 2 aromatic carbocycles. The maximum atomic E-state index is 10.0. The molecular weight excluding hydrogens is 552 g/mol. The Morgan fingerprint density at radius 1 is 0.649 bits per heavy atom. The third kappa shape index (κ3) is 12.0. The van der Waals surface area contributed by atoms with Crippen molar-refractivity contribution < 1.29 is 46.3 Å². The van der Waals surface area contributed by atoms with E-state index in [1.807, 2.05) is 0 Å². The Morgan fingerprint density at radius 2 is 0.973 bits per heavy atom. The molecule has 0 atom stereocenters. The number of nitro benzene ring substituents is 2. The molecule has 2 aliphatic rings. The number of benzene rings is 2. The van der Waals surface area contributed by atoms with Crippen LogP contribution in [0.2, 0.25) is 0 Å². The Hall–Kier alpha value is -3.32. The monoisotopic (exact) mass is 584 g/mol. The van der Waals surface area contributed by atoms with Gasteiger partial charge < -0.3 is 10.2 Å². The molecule has 37 heavy (non-hydrogen) atoms. The molecule has 2 aliphatic carbocycles. The predicted octanol–water partition coefficient (Wildman–Crippen LogP) is 7.94. The van der Waals surface area contributed by atoms with Crippen molar-refractivity contribution in [1.29, 1.82) is 0 Å². The molecule has 2 aromatic rings. The van der Waals surface area contributed by atoms with Crippen molar-refractivity contribution in [2.45, 2.75) is 54.4 Å². The zero-order valence-corrected chi connectivity index (χ0v) is 24.6. The van der Waals surface area contributed by atoms with Crippen LogP contribution >= 0.6 is 0 Å². The number of nitro groups is 2. The van der Waals surface area contributed by atoms with E-state index in [1.165, 1.54) is 82.7 Å². The van der Waals surface area contributed by atoms with Gasteiger partial charge in [-0.15, -0.1) is 0 Å². The standard InChI is InChI=1S/2C8H12.2C6H5NO3.Zr/c2*1-6-4-5-7(2)8(6)3;2*8-6-3-1-2-5(4-6)7(9)10;/h2*4H,5H2,1-3H3;2*1-4,8H;. The summed E-state index contributed by atoms with van der Waals surface area (Å²) >= 11 is 0. The van der Waals surface area contributed by atoms with Crippen molar-refractivity contribution in [2.24, 2.45) is 0 Å². The fourth-order valence-corrected chi connectivity index (χ4v) is 3.11. The number of phenolic OH excluding ortho intramolecular Hbond substituents is 2. The molecule has 4 rings (SSSR count). The second kappa shape index (κ2) is 16.4. The number of rotatable bonds is 2. The normalized spacial score (nSPS) is 13.5. The summed E-state index contributed by atoms with van der Waals surface area (Å²) in [6.45, 7) is 13.1. The third-order valence-corrected chi connectivity index (χ3v) is 5.97. The topological polar surface area (TPSA) is 127 Å². The van der Waals surface area contributed by atoms with Crippen LogP contribution in [0.15, 0.2) is 94.1 Å². The Bertz CT molecular complexity index is 1120. The van der Waals surface area contributed by atoms with E-state index in [-0.39, 0.29) is 49.1 Å². The first-order valence-corrected chi connectivity index (χ1v) is 11.4. The number of hydrogen-bond acceptors (Lipinski definition) is 6. The molecule has 0 saturated heterocycles. The van der Waals surface area contributed by atoms with E-state index in [1.54, 1.807) is 0 Å². The second-order valence-electron chi connectivity index (χ2n) is 8.55. The van der Waals surface area contributed by atoms with Crippen LogP contribution in [0.5, 0.6) is 11.5 Å². The predicted molar refractivity (Wildman–Crippen MR) is 143 cm³/mol. The fourth-order valence-electron chi connectivity index (χ4n) is 3.11. The molecule has 0 radical (unpaired) electrons. The summed E-state index contributed by atoms with van der Waals surface area (Å²) in [5, 5.41) is 37.6. The van der Waals surface area contributed by atoms with Gasteiger partial charge in [-0.05, 0) is 77.7 Å². The van der Waals surface area contributed by atoms with Crippen molar-refractivity contribution in [1.82, 2.24) is 0 Å². The average Bonchev–Trinajstić information content (AvgIpc) is 3.29. The minimum absolute atomic E-state index is 0. The fraction of sp³-hybridized carbons (Fsp3) is 0.286. The summed E-state index contributed by atoms with van der Waals surface area (Å²) in [5.74, 6) is -0.177. The van der Waals surface area contributed by atoms with Crippen molar-refractivity contribution in [3.05, 3.63) is 114 Å². The molecule has 0 fully saturated rings. The van der Waals surface area contributed by atoms with Crippen LogP contribution in [0.1, 0.15) is 54.4 Å². The maximum absolute atomic E-state index is 10.0. The largest absolute Gasteiger partial charge is 0.508 e. The van der Waals surface area contributed by atoms with E-state index in [0.717, 1.165) is 12.1 Å². The molecule has 8 nitrogen and oxygen atoms in total. The molecular formula is C28H34N2O6Zr. The quantitative estimate of drug-likeness (QED) is 0.272. The summed E-state index contributed by atoms with van der Waals surface area (Å²) < 4.78 is 0. The summed E-state index contributed by atoms with van der Waals surface area (Å²) in [4.78, 5) is 19.0. The van der Waals surface area contributed by atoms with Crippen LogP contribution in [0, 0.1) is 20.2 Å². The Kier molecular flexibility index (Phi) is 15.0. The van der Waals surface area contributed by atoms with E-state index in [2.05, 4.69) is 53.7 Å². The van der Waals surface area contributed by atoms with E-state index in [0.29, 0.717) is 0 Å². The molecule has 9 heteroatoms. The van der Waals surface area contributed by atoms with E-state index < -0.39 is 9.85 Å². The average molecular weight is 586 g/mol. The molecule has 0 amide bonds. The Labute approximate surface area is 237 Å². The van der Waals surface area contributed by atoms with Crippen LogP contribution in [-0.2, 0) is 26.2 Å². The van der Waals surface area contributed by atoms with Gasteiger partial charge in [-0.1, -0.05) is 46.6 Å².